The third kappa shape index (κ3) is 3.22. The van der Waals surface area contributed by atoms with E-state index in [1.165, 1.54) is 0 Å². The summed E-state index contributed by atoms with van der Waals surface area (Å²) < 4.78 is 17.6. The highest BCUT2D eigenvalue weighted by atomic mass is 32.2. The first-order valence-corrected chi connectivity index (χ1v) is 10.00. The smallest absolute Gasteiger partial charge is 0.307 e. The van der Waals surface area contributed by atoms with Crippen molar-refractivity contribution in [3.05, 3.63) is 0 Å². The molecule has 0 saturated carbocycles. The summed E-state index contributed by atoms with van der Waals surface area (Å²) in [6.45, 7) is 0. The summed E-state index contributed by atoms with van der Waals surface area (Å²) in [7, 11) is -1.08. The van der Waals surface area contributed by atoms with Crippen molar-refractivity contribution in [3.63, 3.8) is 0 Å². The maximum atomic E-state index is 5.88. The largest absolute Gasteiger partial charge is 0.333 e. The Bertz CT molecular complexity index is 196. The first-order chi connectivity index (χ1) is 7.90. The first kappa shape index (κ1) is 12.4. The van der Waals surface area contributed by atoms with Crippen LogP contribution < -0.4 is 0 Å². The molecule has 0 N–H and O–H groups in total. The van der Waals surface area contributed by atoms with E-state index < -0.39 is 8.60 Å². The molecule has 0 spiro atoms. The molecule has 3 nitrogen and oxygen atoms in total. The van der Waals surface area contributed by atoms with Gasteiger partial charge in [-0.2, -0.15) is 35.3 Å². The zero-order valence-electron chi connectivity index (χ0n) is 8.87. The van der Waals surface area contributed by atoms with Crippen molar-refractivity contribution in [3.8, 4) is 0 Å². The molecule has 3 aliphatic heterocycles. The molecule has 3 fully saturated rings. The molecule has 16 heavy (non-hydrogen) atoms. The maximum Gasteiger partial charge on any atom is 0.333 e. The second kappa shape index (κ2) is 6.00. The van der Waals surface area contributed by atoms with E-state index in [4.69, 9.17) is 13.6 Å². The molecule has 92 valence electrons. The molecule has 0 aromatic heterocycles. The zero-order valence-corrected chi connectivity index (χ0v) is 12.2. The lowest BCUT2D eigenvalue weighted by molar-refractivity contribution is 0.0932. The minimum absolute atomic E-state index is 0.372. The van der Waals surface area contributed by atoms with Crippen molar-refractivity contribution < 1.29 is 13.6 Å². The molecule has 3 aliphatic rings. The second-order valence-corrected chi connectivity index (χ2v) is 8.32. The van der Waals surface area contributed by atoms with E-state index in [-0.39, 0.29) is 0 Å². The van der Waals surface area contributed by atoms with Crippen LogP contribution in [0.3, 0.4) is 0 Å². The van der Waals surface area contributed by atoms with Crippen molar-refractivity contribution >= 4 is 43.9 Å². The molecule has 0 aliphatic carbocycles. The van der Waals surface area contributed by atoms with Gasteiger partial charge in [-0.3, -0.25) is 0 Å². The molecule has 0 atom stereocenters. The topological polar surface area (TPSA) is 27.7 Å². The average Bonchev–Trinajstić information content (AvgIpc) is 2.08. The Morgan fingerprint density at radius 2 is 0.938 bits per heavy atom. The minimum atomic E-state index is -1.08. The van der Waals surface area contributed by atoms with Gasteiger partial charge in [0.2, 0.25) is 0 Å². The molecular formula is C9H15O3PS3. The summed E-state index contributed by atoms with van der Waals surface area (Å²) in [5.41, 5.74) is 0. The molecule has 0 radical (unpaired) electrons. The summed E-state index contributed by atoms with van der Waals surface area (Å²) in [6.07, 6.45) is 1.12. The summed E-state index contributed by atoms with van der Waals surface area (Å²) in [6, 6.07) is 0. The lowest BCUT2D eigenvalue weighted by Gasteiger charge is -2.35. The zero-order chi connectivity index (χ0) is 10.8. The molecule has 3 saturated heterocycles. The van der Waals surface area contributed by atoms with Gasteiger partial charge in [-0.1, -0.05) is 0 Å². The number of thioether (sulfide) groups is 3. The third-order valence-corrected chi connectivity index (χ3v) is 7.58. The van der Waals surface area contributed by atoms with Crippen molar-refractivity contribution in [1.29, 1.82) is 0 Å². The van der Waals surface area contributed by atoms with Crippen molar-refractivity contribution in [2.24, 2.45) is 0 Å². The predicted molar refractivity (Wildman–Crippen MR) is 73.5 cm³/mol. The van der Waals surface area contributed by atoms with E-state index >= 15 is 0 Å². The summed E-state index contributed by atoms with van der Waals surface area (Å²) in [5, 5.41) is 0. The maximum absolute atomic E-state index is 5.88. The molecular weight excluding hydrogens is 283 g/mol. The first-order valence-electron chi connectivity index (χ1n) is 5.44. The van der Waals surface area contributed by atoms with Crippen molar-refractivity contribution in [2.75, 3.05) is 34.5 Å². The van der Waals surface area contributed by atoms with Crippen molar-refractivity contribution in [1.82, 2.24) is 0 Å². The molecule has 0 bridgehead atoms. The van der Waals surface area contributed by atoms with Gasteiger partial charge in [0.25, 0.3) is 0 Å². The van der Waals surface area contributed by atoms with Gasteiger partial charge in [-0.25, -0.2) is 0 Å². The van der Waals surface area contributed by atoms with Crippen LogP contribution in [-0.2, 0) is 13.6 Å². The highest BCUT2D eigenvalue weighted by Gasteiger charge is 2.33. The Morgan fingerprint density at radius 1 is 0.625 bits per heavy atom. The van der Waals surface area contributed by atoms with E-state index in [1.807, 2.05) is 35.3 Å². The van der Waals surface area contributed by atoms with Crippen LogP contribution in [0.25, 0.3) is 0 Å². The Kier molecular flexibility index (Phi) is 4.65. The van der Waals surface area contributed by atoms with Crippen molar-refractivity contribution in [2.45, 2.75) is 18.3 Å². The lowest BCUT2D eigenvalue weighted by atomic mass is 10.5. The number of hydrogen-bond acceptors (Lipinski definition) is 6. The quantitative estimate of drug-likeness (QED) is 0.700. The van der Waals surface area contributed by atoms with Crippen LogP contribution >= 0.6 is 43.9 Å². The van der Waals surface area contributed by atoms with Gasteiger partial charge in [0.05, 0.1) is 18.3 Å². The summed E-state index contributed by atoms with van der Waals surface area (Å²) in [4.78, 5) is 0. The Balaban J connectivity index is 1.44. The fourth-order valence-electron chi connectivity index (χ4n) is 1.26. The fraction of sp³-hybridized carbons (Fsp3) is 1.00. The van der Waals surface area contributed by atoms with E-state index in [9.17, 15) is 0 Å². The van der Waals surface area contributed by atoms with E-state index in [1.54, 1.807) is 0 Å². The van der Waals surface area contributed by atoms with Gasteiger partial charge in [0.1, 0.15) is 0 Å². The van der Waals surface area contributed by atoms with Crippen LogP contribution in [-0.4, -0.2) is 52.8 Å². The van der Waals surface area contributed by atoms with Gasteiger partial charge >= 0.3 is 8.60 Å². The fourth-order valence-corrected chi connectivity index (χ4v) is 4.89. The SMILES string of the molecule is C1SCC1OP(OC1CSC1)OC1CSC1. The Labute approximate surface area is 110 Å². The molecule has 0 amide bonds. The Hall–Kier alpha value is 1.36. The van der Waals surface area contributed by atoms with Crippen LogP contribution in [0, 0.1) is 0 Å². The lowest BCUT2D eigenvalue weighted by Crippen LogP contribution is -2.33. The van der Waals surface area contributed by atoms with Crippen LogP contribution in [0.15, 0.2) is 0 Å². The van der Waals surface area contributed by atoms with E-state index in [0.717, 1.165) is 34.5 Å². The van der Waals surface area contributed by atoms with E-state index in [2.05, 4.69) is 0 Å². The number of rotatable bonds is 6. The molecule has 7 heteroatoms. The molecule has 3 rings (SSSR count). The minimum Gasteiger partial charge on any atom is -0.307 e. The molecule has 0 aromatic carbocycles. The number of hydrogen-bond donors (Lipinski definition) is 0. The summed E-state index contributed by atoms with van der Waals surface area (Å²) in [5.74, 6) is 6.61. The Morgan fingerprint density at radius 3 is 1.12 bits per heavy atom. The molecule has 0 aromatic rings. The van der Waals surface area contributed by atoms with Crippen LogP contribution in [0.2, 0.25) is 0 Å². The molecule has 0 unspecified atom stereocenters. The molecule has 3 heterocycles. The standard InChI is InChI=1S/C9H15O3PS3/c1-7(2-14-1)10-13(11-8-3-15-4-8)12-9-5-16-6-9/h7-9H,1-6H2. The summed E-state index contributed by atoms with van der Waals surface area (Å²) >= 11 is 5.79. The highest BCUT2D eigenvalue weighted by Crippen LogP contribution is 2.49. The third-order valence-electron chi connectivity index (χ3n) is 2.53. The van der Waals surface area contributed by atoms with Gasteiger partial charge in [-0.15, -0.1) is 0 Å². The second-order valence-electron chi connectivity index (χ2n) is 4.02. The van der Waals surface area contributed by atoms with Crippen LogP contribution in [0.4, 0.5) is 0 Å². The predicted octanol–water partition coefficient (Wildman–Crippen LogP) is 2.61. The normalized spacial score (nSPS) is 27.6. The van der Waals surface area contributed by atoms with Gasteiger partial charge in [-0.05, 0) is 0 Å². The van der Waals surface area contributed by atoms with E-state index in [0.29, 0.717) is 18.3 Å². The highest BCUT2D eigenvalue weighted by molar-refractivity contribution is 8.01. The monoisotopic (exact) mass is 298 g/mol. The van der Waals surface area contributed by atoms with Crippen LogP contribution in [0.5, 0.6) is 0 Å². The van der Waals surface area contributed by atoms with Gasteiger partial charge < -0.3 is 13.6 Å². The average molecular weight is 298 g/mol. The van der Waals surface area contributed by atoms with Gasteiger partial charge in [0, 0.05) is 34.5 Å². The van der Waals surface area contributed by atoms with Crippen LogP contribution in [0.1, 0.15) is 0 Å². The van der Waals surface area contributed by atoms with Gasteiger partial charge in [0.15, 0.2) is 0 Å².